The van der Waals surface area contributed by atoms with Crippen LogP contribution in [-0.4, -0.2) is 9.38 Å². The highest BCUT2D eigenvalue weighted by Crippen LogP contribution is 2.23. The molecule has 0 aliphatic heterocycles. The van der Waals surface area contributed by atoms with E-state index in [1.807, 2.05) is 47.0 Å². The lowest BCUT2D eigenvalue weighted by molar-refractivity contribution is 1.19. The first kappa shape index (κ1) is 12.7. The molecule has 0 aliphatic carbocycles. The third-order valence-electron chi connectivity index (χ3n) is 3.61. The number of hydrogen-bond donors (Lipinski definition) is 1. The number of rotatable bonds is 3. The zero-order chi connectivity index (χ0) is 14.8. The van der Waals surface area contributed by atoms with Crippen LogP contribution in [0.1, 0.15) is 0 Å². The molecule has 3 nitrogen and oxygen atoms in total. The number of benzene rings is 2. The van der Waals surface area contributed by atoms with E-state index >= 15 is 0 Å². The highest BCUT2D eigenvalue weighted by molar-refractivity contribution is 5.67. The van der Waals surface area contributed by atoms with Gasteiger partial charge in [0.2, 0.25) is 0 Å². The van der Waals surface area contributed by atoms with Gasteiger partial charge in [-0.15, -0.1) is 0 Å². The largest absolute Gasteiger partial charge is 0.356 e. The number of imidazole rings is 1. The summed E-state index contributed by atoms with van der Waals surface area (Å²) in [5.74, 6) is 0. The zero-order valence-electron chi connectivity index (χ0n) is 12.0. The van der Waals surface area contributed by atoms with E-state index in [0.29, 0.717) is 0 Å². The van der Waals surface area contributed by atoms with Crippen LogP contribution >= 0.6 is 0 Å². The molecule has 1 N–H and O–H groups in total. The Morgan fingerprint density at radius 3 is 2.23 bits per heavy atom. The lowest BCUT2D eigenvalue weighted by Crippen LogP contribution is -1.89. The topological polar surface area (TPSA) is 29.3 Å². The van der Waals surface area contributed by atoms with Crippen molar-refractivity contribution in [3.63, 3.8) is 0 Å². The van der Waals surface area contributed by atoms with Crippen LogP contribution in [0, 0.1) is 0 Å². The standard InChI is InChI=1S/C19H15N3/c1-2-6-16(7-3-1)20-17-11-9-15(10-12-17)18-14-22-13-5-4-8-19(22)21-18/h1-14,20H. The first-order valence-electron chi connectivity index (χ1n) is 7.25. The lowest BCUT2D eigenvalue weighted by atomic mass is 10.1. The molecule has 2 aromatic heterocycles. The predicted molar refractivity (Wildman–Crippen MR) is 90.4 cm³/mol. The SMILES string of the molecule is c1ccc(Nc2ccc(-c3cn4ccccc4n3)cc2)cc1. The van der Waals surface area contributed by atoms with Crippen molar-refractivity contribution in [1.82, 2.24) is 9.38 Å². The van der Waals surface area contributed by atoms with E-state index in [2.05, 4.69) is 52.9 Å². The summed E-state index contributed by atoms with van der Waals surface area (Å²) in [5, 5.41) is 3.38. The van der Waals surface area contributed by atoms with Gasteiger partial charge in [-0.05, 0) is 36.4 Å². The van der Waals surface area contributed by atoms with Crippen LogP contribution in [-0.2, 0) is 0 Å². The zero-order valence-corrected chi connectivity index (χ0v) is 12.0. The summed E-state index contributed by atoms with van der Waals surface area (Å²) in [4.78, 5) is 4.64. The molecule has 0 saturated carbocycles. The number of para-hydroxylation sites is 1. The van der Waals surface area contributed by atoms with Crippen LogP contribution < -0.4 is 5.32 Å². The Morgan fingerprint density at radius 2 is 1.45 bits per heavy atom. The summed E-state index contributed by atoms with van der Waals surface area (Å²) in [6.07, 6.45) is 4.06. The number of nitrogens with zero attached hydrogens (tertiary/aromatic N) is 2. The molecular weight excluding hydrogens is 270 g/mol. The Kier molecular flexibility index (Phi) is 3.09. The highest BCUT2D eigenvalue weighted by atomic mass is 15.0. The molecule has 0 bridgehead atoms. The average molecular weight is 285 g/mol. The number of anilines is 2. The van der Waals surface area contributed by atoms with Crippen molar-refractivity contribution >= 4 is 17.0 Å². The van der Waals surface area contributed by atoms with Gasteiger partial charge < -0.3 is 9.72 Å². The van der Waals surface area contributed by atoms with Crippen molar-refractivity contribution in [2.75, 3.05) is 5.32 Å². The number of aromatic nitrogens is 2. The van der Waals surface area contributed by atoms with Crippen LogP contribution in [0.5, 0.6) is 0 Å². The summed E-state index contributed by atoms with van der Waals surface area (Å²) in [6.45, 7) is 0. The first-order chi connectivity index (χ1) is 10.9. The Bertz CT molecular complexity index is 860. The number of hydrogen-bond acceptors (Lipinski definition) is 2. The molecule has 22 heavy (non-hydrogen) atoms. The molecule has 2 aromatic carbocycles. The Morgan fingerprint density at radius 1 is 0.727 bits per heavy atom. The van der Waals surface area contributed by atoms with Gasteiger partial charge in [0.25, 0.3) is 0 Å². The van der Waals surface area contributed by atoms with Crippen molar-refractivity contribution in [2.24, 2.45) is 0 Å². The molecule has 0 radical (unpaired) electrons. The van der Waals surface area contributed by atoms with Gasteiger partial charge in [0.15, 0.2) is 0 Å². The fraction of sp³-hybridized carbons (Fsp3) is 0. The molecule has 106 valence electrons. The molecule has 0 amide bonds. The van der Waals surface area contributed by atoms with Crippen molar-refractivity contribution < 1.29 is 0 Å². The van der Waals surface area contributed by atoms with E-state index in [-0.39, 0.29) is 0 Å². The minimum atomic E-state index is 0.962. The molecule has 3 heteroatoms. The maximum absolute atomic E-state index is 4.64. The number of pyridine rings is 1. The third kappa shape index (κ3) is 2.44. The first-order valence-corrected chi connectivity index (χ1v) is 7.25. The van der Waals surface area contributed by atoms with Crippen molar-refractivity contribution in [1.29, 1.82) is 0 Å². The van der Waals surface area contributed by atoms with Crippen molar-refractivity contribution in [2.45, 2.75) is 0 Å². The minimum Gasteiger partial charge on any atom is -0.356 e. The lowest BCUT2D eigenvalue weighted by Gasteiger charge is -2.06. The fourth-order valence-corrected chi connectivity index (χ4v) is 2.49. The van der Waals surface area contributed by atoms with E-state index in [1.54, 1.807) is 0 Å². The van der Waals surface area contributed by atoms with Gasteiger partial charge in [-0.25, -0.2) is 4.98 Å². The smallest absolute Gasteiger partial charge is 0.137 e. The normalized spacial score (nSPS) is 10.7. The van der Waals surface area contributed by atoms with E-state index < -0.39 is 0 Å². The van der Waals surface area contributed by atoms with Gasteiger partial charge in [0.1, 0.15) is 5.65 Å². The molecule has 4 aromatic rings. The number of nitrogens with one attached hydrogen (secondary N) is 1. The van der Waals surface area contributed by atoms with Crippen LogP contribution in [0.25, 0.3) is 16.9 Å². The number of fused-ring (bicyclic) bond motifs is 1. The monoisotopic (exact) mass is 285 g/mol. The predicted octanol–water partition coefficient (Wildman–Crippen LogP) is 4.74. The highest BCUT2D eigenvalue weighted by Gasteiger charge is 2.04. The van der Waals surface area contributed by atoms with Crippen molar-refractivity contribution in [3.05, 3.63) is 85.2 Å². The average Bonchev–Trinajstić information content (AvgIpc) is 3.00. The molecule has 0 fully saturated rings. The van der Waals surface area contributed by atoms with Crippen LogP contribution in [0.2, 0.25) is 0 Å². The molecular formula is C19H15N3. The van der Waals surface area contributed by atoms with E-state index in [0.717, 1.165) is 28.3 Å². The quantitative estimate of drug-likeness (QED) is 0.589. The van der Waals surface area contributed by atoms with E-state index in [9.17, 15) is 0 Å². The third-order valence-corrected chi connectivity index (χ3v) is 3.61. The van der Waals surface area contributed by atoms with Gasteiger partial charge in [0.05, 0.1) is 5.69 Å². The summed E-state index contributed by atoms with van der Waals surface area (Å²) < 4.78 is 2.03. The Labute approximate surface area is 128 Å². The summed E-state index contributed by atoms with van der Waals surface area (Å²) in [6, 6.07) is 24.5. The second kappa shape index (κ2) is 5.37. The van der Waals surface area contributed by atoms with Gasteiger partial charge in [0, 0.05) is 29.3 Å². The molecule has 2 heterocycles. The maximum atomic E-state index is 4.64. The Balaban J connectivity index is 1.61. The summed E-state index contributed by atoms with van der Waals surface area (Å²) in [5.41, 5.74) is 5.21. The maximum Gasteiger partial charge on any atom is 0.137 e. The molecule has 0 unspecified atom stereocenters. The Hall–Kier alpha value is -3.07. The van der Waals surface area contributed by atoms with E-state index in [1.165, 1.54) is 0 Å². The minimum absolute atomic E-state index is 0.962. The molecule has 0 spiro atoms. The summed E-state index contributed by atoms with van der Waals surface area (Å²) >= 11 is 0. The second-order valence-corrected chi connectivity index (χ2v) is 5.16. The molecule has 0 saturated heterocycles. The molecule has 4 rings (SSSR count). The van der Waals surface area contributed by atoms with Crippen LogP contribution in [0.3, 0.4) is 0 Å². The van der Waals surface area contributed by atoms with Crippen molar-refractivity contribution in [3.8, 4) is 11.3 Å². The van der Waals surface area contributed by atoms with Gasteiger partial charge >= 0.3 is 0 Å². The van der Waals surface area contributed by atoms with Gasteiger partial charge in [-0.3, -0.25) is 0 Å². The second-order valence-electron chi connectivity index (χ2n) is 5.16. The van der Waals surface area contributed by atoms with E-state index in [4.69, 9.17) is 0 Å². The summed E-state index contributed by atoms with van der Waals surface area (Å²) in [7, 11) is 0. The van der Waals surface area contributed by atoms with Crippen LogP contribution in [0.15, 0.2) is 85.2 Å². The van der Waals surface area contributed by atoms with Gasteiger partial charge in [-0.2, -0.15) is 0 Å². The molecule has 0 aliphatic rings. The van der Waals surface area contributed by atoms with Crippen LogP contribution in [0.4, 0.5) is 11.4 Å². The fourth-order valence-electron chi connectivity index (χ4n) is 2.49. The van der Waals surface area contributed by atoms with Gasteiger partial charge in [-0.1, -0.05) is 36.4 Å². The molecule has 0 atom stereocenters.